The number of fused-ring (bicyclic) bond motifs is 1. The molecule has 0 aromatic heterocycles. The van der Waals surface area contributed by atoms with Crippen molar-refractivity contribution in [2.75, 3.05) is 26.2 Å². The first kappa shape index (κ1) is 17.4. The zero-order valence-corrected chi connectivity index (χ0v) is 16.1. The second-order valence-electron chi connectivity index (χ2n) is 8.69. The van der Waals surface area contributed by atoms with Crippen molar-refractivity contribution in [3.05, 3.63) is 29.3 Å². The second kappa shape index (κ2) is 7.28. The Morgan fingerprint density at radius 3 is 2.48 bits per heavy atom. The lowest BCUT2D eigenvalue weighted by molar-refractivity contribution is -0.0212. The smallest absolute Gasteiger partial charge is 0.123 e. The van der Waals surface area contributed by atoms with Gasteiger partial charge in [-0.3, -0.25) is 4.90 Å². The first-order valence-electron chi connectivity index (χ1n) is 10.4. The van der Waals surface area contributed by atoms with Gasteiger partial charge in [-0.1, -0.05) is 18.6 Å². The fourth-order valence-corrected chi connectivity index (χ4v) is 4.85. The van der Waals surface area contributed by atoms with E-state index in [0.717, 1.165) is 12.3 Å². The molecule has 2 saturated heterocycles. The Hall–Kier alpha value is -1.06. The molecule has 3 aliphatic rings. The van der Waals surface area contributed by atoms with E-state index in [9.17, 15) is 0 Å². The molecule has 0 bridgehead atoms. The Balaban J connectivity index is 1.40. The van der Waals surface area contributed by atoms with Gasteiger partial charge in [0.15, 0.2) is 0 Å². The maximum atomic E-state index is 6.59. The van der Waals surface area contributed by atoms with Gasteiger partial charge in [-0.05, 0) is 82.7 Å². The lowest BCUT2D eigenvalue weighted by atomic mass is 9.82. The van der Waals surface area contributed by atoms with E-state index in [2.05, 4.69) is 41.8 Å². The minimum absolute atomic E-state index is 0.104. The van der Waals surface area contributed by atoms with Crippen molar-refractivity contribution in [2.45, 2.75) is 77.0 Å². The molecule has 3 nitrogen and oxygen atoms in total. The van der Waals surface area contributed by atoms with Crippen molar-refractivity contribution in [3.8, 4) is 5.75 Å². The third-order valence-electron chi connectivity index (χ3n) is 6.60. The lowest BCUT2D eigenvalue weighted by Crippen LogP contribution is -2.51. The predicted octanol–water partition coefficient (Wildman–Crippen LogP) is 4.24. The van der Waals surface area contributed by atoms with Crippen LogP contribution in [0.5, 0.6) is 5.75 Å². The van der Waals surface area contributed by atoms with Crippen LogP contribution in [0.4, 0.5) is 0 Å². The number of likely N-dealkylation sites (tertiary alicyclic amines) is 2. The molecule has 0 amide bonds. The number of benzene rings is 1. The Labute approximate surface area is 153 Å². The van der Waals surface area contributed by atoms with Gasteiger partial charge in [-0.25, -0.2) is 0 Å². The minimum atomic E-state index is 0.104. The molecule has 1 aromatic rings. The molecule has 3 heteroatoms. The van der Waals surface area contributed by atoms with E-state index < -0.39 is 0 Å². The molecule has 1 spiro atoms. The molecule has 25 heavy (non-hydrogen) atoms. The summed E-state index contributed by atoms with van der Waals surface area (Å²) < 4.78 is 6.59. The van der Waals surface area contributed by atoms with Gasteiger partial charge >= 0.3 is 0 Å². The van der Waals surface area contributed by atoms with E-state index >= 15 is 0 Å². The van der Waals surface area contributed by atoms with Gasteiger partial charge in [0.2, 0.25) is 0 Å². The number of hydrogen-bond donors (Lipinski definition) is 0. The maximum Gasteiger partial charge on any atom is 0.123 e. The molecule has 3 heterocycles. The Kier molecular flexibility index (Phi) is 5.06. The van der Waals surface area contributed by atoms with Crippen LogP contribution in [0.25, 0.3) is 0 Å². The topological polar surface area (TPSA) is 15.7 Å². The molecule has 0 atom stereocenters. The third kappa shape index (κ3) is 3.88. The van der Waals surface area contributed by atoms with Gasteiger partial charge in [-0.15, -0.1) is 0 Å². The van der Waals surface area contributed by atoms with Crippen molar-refractivity contribution in [2.24, 2.45) is 0 Å². The summed E-state index contributed by atoms with van der Waals surface area (Å²) in [4.78, 5) is 5.20. The van der Waals surface area contributed by atoms with Crippen molar-refractivity contribution >= 4 is 0 Å². The first-order chi connectivity index (χ1) is 12.1. The highest BCUT2D eigenvalue weighted by Gasteiger charge is 2.39. The molecule has 0 N–H and O–H groups in total. The van der Waals surface area contributed by atoms with Gasteiger partial charge in [0.1, 0.15) is 11.4 Å². The summed E-state index contributed by atoms with van der Waals surface area (Å²) in [6.07, 6.45) is 8.88. The number of hydrogen-bond acceptors (Lipinski definition) is 3. The molecule has 3 aliphatic heterocycles. The SMILES string of the molecule is CC(C)N1CCC2(CCc3cc(CN4CCCCC4)ccc3O2)CC1. The number of ether oxygens (including phenoxy) is 1. The van der Waals surface area contributed by atoms with E-state index in [1.807, 2.05) is 0 Å². The minimum Gasteiger partial charge on any atom is -0.487 e. The average Bonchev–Trinajstić information content (AvgIpc) is 2.63. The summed E-state index contributed by atoms with van der Waals surface area (Å²) in [6.45, 7) is 10.6. The zero-order valence-electron chi connectivity index (χ0n) is 16.1. The van der Waals surface area contributed by atoms with Crippen molar-refractivity contribution in [1.29, 1.82) is 0 Å². The largest absolute Gasteiger partial charge is 0.487 e. The van der Waals surface area contributed by atoms with Gasteiger partial charge < -0.3 is 9.64 Å². The van der Waals surface area contributed by atoms with E-state index in [-0.39, 0.29) is 5.60 Å². The molecule has 0 saturated carbocycles. The van der Waals surface area contributed by atoms with Gasteiger partial charge in [0.25, 0.3) is 0 Å². The van der Waals surface area contributed by atoms with Crippen LogP contribution in [-0.4, -0.2) is 47.6 Å². The van der Waals surface area contributed by atoms with Crippen LogP contribution in [-0.2, 0) is 13.0 Å². The molecule has 2 fully saturated rings. The molecule has 138 valence electrons. The normalized spacial score (nSPS) is 24.3. The number of rotatable bonds is 3. The summed E-state index contributed by atoms with van der Waals surface area (Å²) in [5.74, 6) is 1.16. The van der Waals surface area contributed by atoms with Crippen LogP contribution in [0.2, 0.25) is 0 Å². The van der Waals surface area contributed by atoms with E-state index in [1.165, 1.54) is 82.3 Å². The Morgan fingerprint density at radius 1 is 1.00 bits per heavy atom. The van der Waals surface area contributed by atoms with Gasteiger partial charge in [-0.2, -0.15) is 0 Å². The zero-order chi connectivity index (χ0) is 17.3. The van der Waals surface area contributed by atoms with Crippen LogP contribution < -0.4 is 4.74 Å². The summed E-state index contributed by atoms with van der Waals surface area (Å²) in [7, 11) is 0. The third-order valence-corrected chi connectivity index (χ3v) is 6.60. The highest BCUT2D eigenvalue weighted by molar-refractivity contribution is 5.40. The standard InChI is InChI=1S/C22H34N2O/c1-18(2)24-14-10-22(11-15-24)9-8-20-16-19(6-7-21(20)25-22)17-23-12-4-3-5-13-23/h6-7,16,18H,3-5,8-15,17H2,1-2H3. The number of aryl methyl sites for hydroxylation is 1. The Bertz CT molecular complexity index is 584. The lowest BCUT2D eigenvalue weighted by Gasteiger charge is -2.45. The van der Waals surface area contributed by atoms with Crippen LogP contribution >= 0.6 is 0 Å². The van der Waals surface area contributed by atoms with E-state index in [0.29, 0.717) is 6.04 Å². The molecule has 1 aromatic carbocycles. The highest BCUT2D eigenvalue weighted by Crippen LogP contribution is 2.40. The van der Waals surface area contributed by atoms with Gasteiger partial charge in [0.05, 0.1) is 0 Å². The fourth-order valence-electron chi connectivity index (χ4n) is 4.85. The second-order valence-corrected chi connectivity index (χ2v) is 8.69. The summed E-state index contributed by atoms with van der Waals surface area (Å²) in [6, 6.07) is 7.63. The van der Waals surface area contributed by atoms with Gasteiger partial charge in [0, 0.05) is 25.7 Å². The molecular formula is C22H34N2O. The predicted molar refractivity (Wildman–Crippen MR) is 103 cm³/mol. The van der Waals surface area contributed by atoms with Crippen LogP contribution in [0.15, 0.2) is 18.2 Å². The van der Waals surface area contributed by atoms with E-state index in [1.54, 1.807) is 0 Å². The number of nitrogens with zero attached hydrogens (tertiary/aromatic N) is 2. The number of piperidine rings is 2. The van der Waals surface area contributed by atoms with Crippen molar-refractivity contribution in [3.63, 3.8) is 0 Å². The van der Waals surface area contributed by atoms with Crippen LogP contribution in [0, 0.1) is 0 Å². The maximum absolute atomic E-state index is 6.59. The quantitative estimate of drug-likeness (QED) is 0.817. The monoisotopic (exact) mass is 342 g/mol. The van der Waals surface area contributed by atoms with Crippen molar-refractivity contribution < 1.29 is 4.74 Å². The molecule has 4 rings (SSSR count). The molecule has 0 radical (unpaired) electrons. The summed E-state index contributed by atoms with van der Waals surface area (Å²) in [5.41, 5.74) is 3.01. The molecule has 0 unspecified atom stereocenters. The Morgan fingerprint density at radius 2 is 1.76 bits per heavy atom. The molecule has 0 aliphatic carbocycles. The average molecular weight is 343 g/mol. The summed E-state index contributed by atoms with van der Waals surface area (Å²) in [5, 5.41) is 0. The fraction of sp³-hybridized carbons (Fsp3) is 0.727. The molecular weight excluding hydrogens is 308 g/mol. The summed E-state index contributed by atoms with van der Waals surface area (Å²) >= 11 is 0. The first-order valence-corrected chi connectivity index (χ1v) is 10.4. The highest BCUT2D eigenvalue weighted by atomic mass is 16.5. The van der Waals surface area contributed by atoms with Crippen molar-refractivity contribution in [1.82, 2.24) is 9.80 Å². The van der Waals surface area contributed by atoms with Crippen LogP contribution in [0.3, 0.4) is 0 Å². The van der Waals surface area contributed by atoms with E-state index in [4.69, 9.17) is 4.74 Å². The van der Waals surface area contributed by atoms with Crippen LogP contribution in [0.1, 0.15) is 63.5 Å².